The molecule has 24 heavy (non-hydrogen) atoms. The molecule has 2 aromatic rings. The summed E-state index contributed by atoms with van der Waals surface area (Å²) in [5.74, 6) is 0.211. The van der Waals surface area contributed by atoms with Gasteiger partial charge in [-0.3, -0.25) is 4.79 Å². The highest BCUT2D eigenvalue weighted by atomic mass is 16.5. The Kier molecular flexibility index (Phi) is 3.10. The van der Waals surface area contributed by atoms with Crippen molar-refractivity contribution in [2.75, 3.05) is 7.11 Å². The SMILES string of the molecule is COC(=O)c1ccc2c(c1)CC1(O2)C(=O)C(C)=Cc2ccccc21. The minimum Gasteiger partial charge on any atom is -0.474 e. The van der Waals surface area contributed by atoms with Crippen molar-refractivity contribution in [1.29, 1.82) is 0 Å². The number of carbonyl (C=O) groups excluding carboxylic acids is 2. The van der Waals surface area contributed by atoms with E-state index in [0.717, 1.165) is 16.7 Å². The molecular formula is C20H16O4. The fraction of sp³-hybridized carbons (Fsp3) is 0.200. The van der Waals surface area contributed by atoms with Gasteiger partial charge in [0.2, 0.25) is 11.4 Å². The molecule has 0 saturated heterocycles. The van der Waals surface area contributed by atoms with Gasteiger partial charge in [0.15, 0.2) is 0 Å². The normalized spacial score (nSPS) is 20.9. The fourth-order valence-corrected chi connectivity index (χ4v) is 3.56. The van der Waals surface area contributed by atoms with E-state index >= 15 is 0 Å². The molecule has 1 aliphatic heterocycles. The second-order valence-corrected chi connectivity index (χ2v) is 6.16. The standard InChI is InChI=1S/C20H16O4/c1-12-9-13-5-3-4-6-16(13)20(18(12)21)11-15-10-14(19(22)23-2)7-8-17(15)24-20/h3-10H,11H2,1-2H3. The number of ketones is 1. The molecule has 1 heterocycles. The molecule has 4 heteroatoms. The molecule has 4 rings (SSSR count). The third kappa shape index (κ3) is 1.92. The van der Waals surface area contributed by atoms with E-state index in [0.29, 0.717) is 23.3 Å². The van der Waals surface area contributed by atoms with Crippen molar-refractivity contribution in [3.63, 3.8) is 0 Å². The van der Waals surface area contributed by atoms with Crippen LogP contribution >= 0.6 is 0 Å². The number of methoxy groups -OCH3 is 1. The first-order valence-corrected chi connectivity index (χ1v) is 7.78. The summed E-state index contributed by atoms with van der Waals surface area (Å²) < 4.78 is 10.9. The Hall–Kier alpha value is -2.88. The summed E-state index contributed by atoms with van der Waals surface area (Å²) in [5.41, 5.74) is 2.81. The number of benzene rings is 2. The lowest BCUT2D eigenvalue weighted by molar-refractivity contribution is -0.130. The average Bonchev–Trinajstić information content (AvgIpc) is 2.98. The predicted molar refractivity (Wildman–Crippen MR) is 88.9 cm³/mol. The van der Waals surface area contributed by atoms with Crippen LogP contribution in [0.25, 0.3) is 6.08 Å². The highest BCUT2D eigenvalue weighted by molar-refractivity contribution is 6.09. The number of esters is 1. The molecule has 0 fully saturated rings. The van der Waals surface area contributed by atoms with E-state index < -0.39 is 11.6 Å². The number of hydrogen-bond donors (Lipinski definition) is 0. The summed E-state index contributed by atoms with van der Waals surface area (Å²) in [6.07, 6.45) is 2.31. The summed E-state index contributed by atoms with van der Waals surface area (Å²) in [6.45, 7) is 1.81. The third-order valence-electron chi connectivity index (χ3n) is 4.70. The van der Waals surface area contributed by atoms with E-state index in [4.69, 9.17) is 9.47 Å². The van der Waals surface area contributed by atoms with Gasteiger partial charge < -0.3 is 9.47 Å². The molecule has 0 saturated carbocycles. The van der Waals surface area contributed by atoms with Crippen LogP contribution in [0.3, 0.4) is 0 Å². The van der Waals surface area contributed by atoms with Crippen molar-refractivity contribution in [1.82, 2.24) is 0 Å². The maximum atomic E-state index is 13.0. The average molecular weight is 320 g/mol. The lowest BCUT2D eigenvalue weighted by Crippen LogP contribution is -2.43. The van der Waals surface area contributed by atoms with Crippen LogP contribution in [0.15, 0.2) is 48.0 Å². The smallest absolute Gasteiger partial charge is 0.337 e. The molecule has 2 aliphatic rings. The zero-order valence-corrected chi connectivity index (χ0v) is 13.5. The Bertz CT molecular complexity index is 910. The van der Waals surface area contributed by atoms with Crippen molar-refractivity contribution in [3.8, 4) is 5.75 Å². The summed E-state index contributed by atoms with van der Waals surface area (Å²) in [7, 11) is 1.35. The van der Waals surface area contributed by atoms with Crippen LogP contribution in [-0.2, 0) is 21.6 Å². The van der Waals surface area contributed by atoms with Crippen LogP contribution < -0.4 is 4.74 Å². The van der Waals surface area contributed by atoms with E-state index in [-0.39, 0.29) is 5.78 Å². The van der Waals surface area contributed by atoms with Gasteiger partial charge in [-0.1, -0.05) is 24.3 Å². The molecule has 1 spiro atoms. The molecular weight excluding hydrogens is 304 g/mol. The molecule has 0 radical (unpaired) electrons. The van der Waals surface area contributed by atoms with E-state index in [1.54, 1.807) is 18.2 Å². The third-order valence-corrected chi connectivity index (χ3v) is 4.70. The van der Waals surface area contributed by atoms with Crippen molar-refractivity contribution in [2.45, 2.75) is 18.9 Å². The van der Waals surface area contributed by atoms with Crippen molar-refractivity contribution >= 4 is 17.8 Å². The van der Waals surface area contributed by atoms with E-state index in [2.05, 4.69) is 0 Å². The van der Waals surface area contributed by atoms with E-state index in [9.17, 15) is 9.59 Å². The molecule has 1 atom stereocenters. The Morgan fingerprint density at radius 1 is 1.21 bits per heavy atom. The molecule has 1 unspecified atom stereocenters. The van der Waals surface area contributed by atoms with Gasteiger partial charge in [0.05, 0.1) is 12.7 Å². The lowest BCUT2D eigenvalue weighted by atomic mass is 9.76. The van der Waals surface area contributed by atoms with Crippen LogP contribution in [0.2, 0.25) is 0 Å². The van der Waals surface area contributed by atoms with Gasteiger partial charge in [0, 0.05) is 12.0 Å². The van der Waals surface area contributed by atoms with Gasteiger partial charge in [-0.15, -0.1) is 0 Å². The number of ether oxygens (including phenoxy) is 2. The molecule has 1 aliphatic carbocycles. The highest BCUT2D eigenvalue weighted by Gasteiger charge is 2.50. The van der Waals surface area contributed by atoms with Crippen molar-refractivity contribution in [2.24, 2.45) is 0 Å². The van der Waals surface area contributed by atoms with Crippen LogP contribution in [0.5, 0.6) is 5.75 Å². The minimum absolute atomic E-state index is 0.0305. The van der Waals surface area contributed by atoms with Crippen molar-refractivity contribution < 1.29 is 19.1 Å². The van der Waals surface area contributed by atoms with Crippen LogP contribution in [0.4, 0.5) is 0 Å². The van der Waals surface area contributed by atoms with Gasteiger partial charge in [-0.25, -0.2) is 4.79 Å². The molecule has 2 aromatic carbocycles. The van der Waals surface area contributed by atoms with Gasteiger partial charge in [0.1, 0.15) is 5.75 Å². The minimum atomic E-state index is -1.04. The maximum Gasteiger partial charge on any atom is 0.337 e. The van der Waals surface area contributed by atoms with Crippen molar-refractivity contribution in [3.05, 3.63) is 70.3 Å². The molecule has 4 nitrogen and oxygen atoms in total. The largest absolute Gasteiger partial charge is 0.474 e. The Labute approximate surface area is 139 Å². The summed E-state index contributed by atoms with van der Waals surface area (Å²) in [5, 5.41) is 0. The van der Waals surface area contributed by atoms with Gasteiger partial charge >= 0.3 is 5.97 Å². The summed E-state index contributed by atoms with van der Waals surface area (Å²) in [6, 6.07) is 12.9. The lowest BCUT2D eigenvalue weighted by Gasteiger charge is -2.32. The monoisotopic (exact) mass is 320 g/mol. The van der Waals surface area contributed by atoms with E-state index in [1.165, 1.54) is 7.11 Å². The number of carbonyl (C=O) groups is 2. The number of Topliss-reactive ketones (excluding diaryl/α,β-unsaturated/α-hetero) is 1. The summed E-state index contributed by atoms with van der Waals surface area (Å²) >= 11 is 0. The Morgan fingerprint density at radius 3 is 2.79 bits per heavy atom. The number of hydrogen-bond acceptors (Lipinski definition) is 4. The maximum absolute atomic E-state index is 13.0. The van der Waals surface area contributed by atoms with Crippen LogP contribution in [0.1, 0.15) is 34.0 Å². The Morgan fingerprint density at radius 2 is 2.00 bits per heavy atom. The van der Waals surface area contributed by atoms with Gasteiger partial charge in [-0.2, -0.15) is 0 Å². The first-order chi connectivity index (χ1) is 11.5. The zero-order valence-electron chi connectivity index (χ0n) is 13.5. The fourth-order valence-electron chi connectivity index (χ4n) is 3.56. The second-order valence-electron chi connectivity index (χ2n) is 6.16. The van der Waals surface area contributed by atoms with Crippen LogP contribution in [-0.4, -0.2) is 18.9 Å². The molecule has 0 aromatic heterocycles. The first kappa shape index (κ1) is 14.7. The number of fused-ring (bicyclic) bond motifs is 3. The zero-order chi connectivity index (χ0) is 16.9. The quantitative estimate of drug-likeness (QED) is 0.757. The Balaban J connectivity index is 1.84. The molecule has 0 amide bonds. The predicted octanol–water partition coefficient (Wildman–Crippen LogP) is 3.29. The van der Waals surface area contributed by atoms with Gasteiger partial charge in [0.25, 0.3) is 0 Å². The summed E-state index contributed by atoms with van der Waals surface area (Å²) in [4.78, 5) is 24.7. The second kappa shape index (κ2) is 5.06. The van der Waals surface area contributed by atoms with Crippen LogP contribution in [0, 0.1) is 0 Å². The van der Waals surface area contributed by atoms with E-state index in [1.807, 2.05) is 37.3 Å². The molecule has 0 N–H and O–H groups in total. The molecule has 120 valence electrons. The number of rotatable bonds is 1. The highest BCUT2D eigenvalue weighted by Crippen LogP contribution is 2.47. The topological polar surface area (TPSA) is 52.6 Å². The van der Waals surface area contributed by atoms with Gasteiger partial charge in [-0.05, 0) is 47.9 Å². The first-order valence-electron chi connectivity index (χ1n) is 7.78. The molecule has 0 bridgehead atoms.